The van der Waals surface area contributed by atoms with Gasteiger partial charge in [0, 0.05) is 12.1 Å². The van der Waals surface area contributed by atoms with E-state index in [0.717, 1.165) is 17.0 Å². The number of fused-ring (bicyclic) bond motifs is 1. The van der Waals surface area contributed by atoms with Gasteiger partial charge in [0.05, 0.1) is 17.1 Å². The van der Waals surface area contributed by atoms with Crippen molar-refractivity contribution in [3.8, 4) is 0 Å². The zero-order valence-electron chi connectivity index (χ0n) is 7.09. The Morgan fingerprint density at radius 2 is 2.33 bits per heavy atom. The molecule has 0 radical (unpaired) electrons. The van der Waals surface area contributed by atoms with Crippen molar-refractivity contribution in [3.63, 3.8) is 0 Å². The van der Waals surface area contributed by atoms with Gasteiger partial charge in [0.15, 0.2) is 0 Å². The van der Waals surface area contributed by atoms with E-state index in [1.807, 2.05) is 13.8 Å². The van der Waals surface area contributed by atoms with E-state index in [2.05, 4.69) is 4.98 Å². The van der Waals surface area contributed by atoms with Crippen LogP contribution in [0.15, 0.2) is 4.79 Å². The summed E-state index contributed by atoms with van der Waals surface area (Å²) in [6, 6.07) is 0. The van der Waals surface area contributed by atoms with E-state index >= 15 is 0 Å². The minimum Gasteiger partial charge on any atom is -0.370 e. The van der Waals surface area contributed by atoms with Gasteiger partial charge < -0.3 is 9.72 Å². The van der Waals surface area contributed by atoms with Crippen LogP contribution in [0.3, 0.4) is 0 Å². The minimum absolute atomic E-state index is 0.0320. The summed E-state index contributed by atoms with van der Waals surface area (Å²) in [6.07, 6.45) is 1.13. The summed E-state index contributed by atoms with van der Waals surface area (Å²) in [5, 5.41) is 0. The monoisotopic (exact) mass is 185 g/mol. The molecule has 1 N–H and O–H groups in total. The van der Waals surface area contributed by atoms with Crippen molar-refractivity contribution in [1.82, 2.24) is 4.98 Å². The van der Waals surface area contributed by atoms with Crippen LogP contribution in [0.5, 0.6) is 0 Å². The first-order valence-corrected chi connectivity index (χ1v) is 4.86. The Labute approximate surface area is 74.4 Å². The summed E-state index contributed by atoms with van der Waals surface area (Å²) in [7, 11) is 0. The quantitative estimate of drug-likeness (QED) is 0.665. The van der Waals surface area contributed by atoms with E-state index in [-0.39, 0.29) is 17.1 Å². The molecule has 0 aromatic carbocycles. The first kappa shape index (κ1) is 8.01. The SMILES string of the molecule is CC1Cc2[nH]c(=O)sc2C(C)O1. The molecule has 12 heavy (non-hydrogen) atoms. The molecule has 0 amide bonds. The molecule has 0 fully saturated rings. The molecule has 1 aliphatic heterocycles. The van der Waals surface area contributed by atoms with Crippen LogP contribution in [0.25, 0.3) is 0 Å². The van der Waals surface area contributed by atoms with Crippen molar-refractivity contribution in [2.45, 2.75) is 32.5 Å². The number of thiazole rings is 1. The molecule has 0 spiro atoms. The number of aromatic nitrogens is 1. The molecular formula is C8H11NO2S. The minimum atomic E-state index is 0.0320. The van der Waals surface area contributed by atoms with Crippen LogP contribution in [0.4, 0.5) is 0 Å². The van der Waals surface area contributed by atoms with Crippen LogP contribution in [-0.2, 0) is 11.2 Å². The number of H-pyrrole nitrogens is 1. The second-order valence-corrected chi connectivity index (χ2v) is 4.17. The predicted molar refractivity (Wildman–Crippen MR) is 47.6 cm³/mol. The molecule has 1 aromatic heterocycles. The number of nitrogens with one attached hydrogen (secondary N) is 1. The van der Waals surface area contributed by atoms with Gasteiger partial charge in [0.1, 0.15) is 0 Å². The van der Waals surface area contributed by atoms with E-state index in [0.29, 0.717) is 0 Å². The van der Waals surface area contributed by atoms with Crippen molar-refractivity contribution >= 4 is 11.3 Å². The molecule has 0 saturated carbocycles. The average molecular weight is 185 g/mol. The summed E-state index contributed by atoms with van der Waals surface area (Å²) in [5.41, 5.74) is 1.07. The Balaban J connectivity index is 2.46. The Kier molecular flexibility index (Phi) is 1.81. The lowest BCUT2D eigenvalue weighted by Crippen LogP contribution is -2.21. The highest BCUT2D eigenvalue weighted by atomic mass is 32.1. The molecule has 2 unspecified atom stereocenters. The smallest absolute Gasteiger partial charge is 0.305 e. The van der Waals surface area contributed by atoms with Gasteiger partial charge in [0.25, 0.3) is 0 Å². The lowest BCUT2D eigenvalue weighted by atomic mass is 10.1. The fourth-order valence-electron chi connectivity index (χ4n) is 1.60. The number of ether oxygens (including phenoxy) is 1. The maximum absolute atomic E-state index is 11.0. The summed E-state index contributed by atoms with van der Waals surface area (Å²) in [5.74, 6) is 0. The molecule has 2 rings (SSSR count). The van der Waals surface area contributed by atoms with E-state index in [1.165, 1.54) is 11.3 Å². The highest BCUT2D eigenvalue weighted by molar-refractivity contribution is 7.09. The summed E-state index contributed by atoms with van der Waals surface area (Å²) in [6.45, 7) is 4.01. The first-order valence-electron chi connectivity index (χ1n) is 4.04. The fourth-order valence-corrected chi connectivity index (χ4v) is 2.45. The van der Waals surface area contributed by atoms with E-state index in [4.69, 9.17) is 4.74 Å². The van der Waals surface area contributed by atoms with E-state index < -0.39 is 0 Å². The summed E-state index contributed by atoms with van der Waals surface area (Å²) in [4.78, 5) is 15.0. The highest BCUT2D eigenvalue weighted by Gasteiger charge is 2.24. The second kappa shape index (κ2) is 2.71. The van der Waals surface area contributed by atoms with E-state index in [1.54, 1.807) is 0 Å². The van der Waals surface area contributed by atoms with Gasteiger partial charge in [-0.2, -0.15) is 0 Å². The Morgan fingerprint density at radius 1 is 1.58 bits per heavy atom. The predicted octanol–water partition coefficient (Wildman–Crippen LogP) is 1.46. The molecule has 4 heteroatoms. The van der Waals surface area contributed by atoms with Gasteiger partial charge >= 0.3 is 4.87 Å². The molecule has 0 saturated heterocycles. The lowest BCUT2D eigenvalue weighted by Gasteiger charge is -2.24. The normalized spacial score (nSPS) is 28.5. The van der Waals surface area contributed by atoms with E-state index in [9.17, 15) is 4.79 Å². The number of hydrogen-bond acceptors (Lipinski definition) is 3. The second-order valence-electron chi connectivity index (χ2n) is 3.15. The Bertz CT molecular complexity index is 341. The average Bonchev–Trinajstić information content (AvgIpc) is 2.29. The summed E-state index contributed by atoms with van der Waals surface area (Å²) < 4.78 is 5.58. The maximum atomic E-state index is 11.0. The Hall–Kier alpha value is -0.610. The molecule has 1 aliphatic rings. The van der Waals surface area contributed by atoms with Gasteiger partial charge in [-0.3, -0.25) is 4.79 Å². The van der Waals surface area contributed by atoms with Crippen LogP contribution in [0, 0.1) is 0 Å². The van der Waals surface area contributed by atoms with Crippen LogP contribution in [0.1, 0.15) is 30.5 Å². The molecule has 1 aromatic rings. The fraction of sp³-hybridized carbons (Fsp3) is 0.625. The van der Waals surface area contributed by atoms with Gasteiger partial charge in [-0.15, -0.1) is 0 Å². The van der Waals surface area contributed by atoms with Crippen LogP contribution in [0.2, 0.25) is 0 Å². The third kappa shape index (κ3) is 1.21. The van der Waals surface area contributed by atoms with Crippen LogP contribution in [-0.4, -0.2) is 11.1 Å². The molecule has 2 atom stereocenters. The maximum Gasteiger partial charge on any atom is 0.305 e. The highest BCUT2D eigenvalue weighted by Crippen LogP contribution is 2.29. The van der Waals surface area contributed by atoms with Crippen molar-refractivity contribution in [1.29, 1.82) is 0 Å². The Morgan fingerprint density at radius 3 is 3.08 bits per heavy atom. The zero-order valence-corrected chi connectivity index (χ0v) is 7.90. The third-order valence-electron chi connectivity index (χ3n) is 2.05. The first-order chi connectivity index (χ1) is 5.66. The molecular weight excluding hydrogens is 174 g/mol. The number of rotatable bonds is 0. The summed E-state index contributed by atoms with van der Waals surface area (Å²) >= 11 is 1.26. The topological polar surface area (TPSA) is 42.1 Å². The molecule has 3 nitrogen and oxygen atoms in total. The number of aromatic amines is 1. The standard InChI is InChI=1S/C8H11NO2S/c1-4-3-6-7(5(2)11-4)12-8(10)9-6/h4-5H,3H2,1-2H3,(H,9,10). The van der Waals surface area contributed by atoms with Gasteiger partial charge in [-0.05, 0) is 13.8 Å². The third-order valence-corrected chi connectivity index (χ3v) is 3.14. The molecule has 0 aliphatic carbocycles. The van der Waals surface area contributed by atoms with Crippen LogP contribution >= 0.6 is 11.3 Å². The van der Waals surface area contributed by atoms with Crippen molar-refractivity contribution < 1.29 is 4.74 Å². The van der Waals surface area contributed by atoms with Crippen molar-refractivity contribution in [2.75, 3.05) is 0 Å². The van der Waals surface area contributed by atoms with Gasteiger partial charge in [-0.1, -0.05) is 11.3 Å². The van der Waals surface area contributed by atoms with Gasteiger partial charge in [0.2, 0.25) is 0 Å². The van der Waals surface area contributed by atoms with Crippen LogP contribution < -0.4 is 4.87 Å². The van der Waals surface area contributed by atoms with Crippen molar-refractivity contribution in [2.24, 2.45) is 0 Å². The number of hydrogen-bond donors (Lipinski definition) is 1. The molecule has 66 valence electrons. The molecule has 2 heterocycles. The lowest BCUT2D eigenvalue weighted by molar-refractivity contribution is -0.00318. The van der Waals surface area contributed by atoms with Crippen molar-refractivity contribution in [3.05, 3.63) is 20.2 Å². The van der Waals surface area contributed by atoms with Gasteiger partial charge in [-0.25, -0.2) is 0 Å². The largest absolute Gasteiger partial charge is 0.370 e. The molecule has 0 bridgehead atoms. The zero-order chi connectivity index (χ0) is 8.72.